The van der Waals surface area contributed by atoms with Gasteiger partial charge in [-0.25, -0.2) is 0 Å². The Morgan fingerprint density at radius 1 is 1.11 bits per heavy atom. The first-order chi connectivity index (χ1) is 16.9. The van der Waals surface area contributed by atoms with E-state index in [9.17, 15) is 4.79 Å². The molecule has 0 aliphatic carbocycles. The molecule has 0 spiro atoms. The van der Waals surface area contributed by atoms with Gasteiger partial charge in [0.15, 0.2) is 0 Å². The van der Waals surface area contributed by atoms with Crippen LogP contribution in [0.2, 0.25) is 10.0 Å². The van der Waals surface area contributed by atoms with Crippen molar-refractivity contribution in [2.45, 2.75) is 51.1 Å². The van der Waals surface area contributed by atoms with E-state index in [4.69, 9.17) is 23.2 Å². The second kappa shape index (κ2) is 11.5. The number of nitrogens with one attached hydrogen (secondary N) is 1. The van der Waals surface area contributed by atoms with Gasteiger partial charge in [0.25, 0.3) is 0 Å². The van der Waals surface area contributed by atoms with Crippen molar-refractivity contribution >= 4 is 29.1 Å². The minimum atomic E-state index is -0.519. The molecule has 0 aromatic heterocycles. The van der Waals surface area contributed by atoms with Gasteiger partial charge in [-0.05, 0) is 54.7 Å². The smallest absolute Gasteiger partial charge is 0.229 e. The van der Waals surface area contributed by atoms with E-state index in [1.165, 1.54) is 5.56 Å². The molecule has 2 saturated heterocycles. The fourth-order valence-electron chi connectivity index (χ4n) is 5.89. The molecule has 1 N–H and O–H groups in total. The zero-order chi connectivity index (χ0) is 25.0. The molecule has 2 unspecified atom stereocenters. The number of hydrogen-bond donors (Lipinski definition) is 1. The molecule has 2 aliphatic rings. The van der Waals surface area contributed by atoms with Crippen LogP contribution in [0.1, 0.15) is 56.2 Å². The standard InChI is InChI=1S/C29H37Cl2N3O/c1-4-13-29(3)19-26(22-7-6-8-24(31)18-22)27(21-9-11-23(30)12-10-21)34(28(29)35)25(5-2)20-33-16-14-32-15-17-33/h4,6-12,18,25-27,32H,1,5,13-17,19-20H2,2-3H3/t25?,26?,27-,29+/m1/s1. The summed E-state index contributed by atoms with van der Waals surface area (Å²) in [4.78, 5) is 19.1. The Kier molecular flexibility index (Phi) is 8.59. The van der Waals surface area contributed by atoms with E-state index in [0.29, 0.717) is 11.4 Å². The number of allylic oxidation sites excluding steroid dienone is 1. The molecule has 1 amide bonds. The number of halogens is 2. The quantitative estimate of drug-likeness (QED) is 0.419. The summed E-state index contributed by atoms with van der Waals surface area (Å²) in [5.41, 5.74) is 1.77. The van der Waals surface area contributed by atoms with Crippen LogP contribution in [0, 0.1) is 5.41 Å². The number of nitrogens with zero attached hydrogens (tertiary/aromatic N) is 2. The van der Waals surface area contributed by atoms with Crippen molar-refractivity contribution in [3.8, 4) is 0 Å². The molecule has 2 heterocycles. The maximum absolute atomic E-state index is 14.4. The number of likely N-dealkylation sites (tertiary alicyclic amines) is 1. The highest BCUT2D eigenvalue weighted by molar-refractivity contribution is 6.30. The molecule has 4 atom stereocenters. The van der Waals surface area contributed by atoms with Gasteiger partial charge in [0.1, 0.15) is 0 Å². The van der Waals surface area contributed by atoms with Gasteiger partial charge in [0.05, 0.1) is 11.5 Å². The number of benzene rings is 2. The van der Waals surface area contributed by atoms with Gasteiger partial charge in [0, 0.05) is 54.7 Å². The van der Waals surface area contributed by atoms with E-state index in [2.05, 4.69) is 59.8 Å². The first kappa shape index (κ1) is 26.2. The number of hydrogen-bond acceptors (Lipinski definition) is 3. The maximum Gasteiger partial charge on any atom is 0.229 e. The lowest BCUT2D eigenvalue weighted by molar-refractivity contribution is -0.155. The van der Waals surface area contributed by atoms with Crippen LogP contribution in [0.5, 0.6) is 0 Å². The molecule has 0 radical (unpaired) electrons. The second-order valence-electron chi connectivity index (χ2n) is 10.2. The zero-order valence-electron chi connectivity index (χ0n) is 20.9. The van der Waals surface area contributed by atoms with Gasteiger partial charge in [-0.3, -0.25) is 9.69 Å². The van der Waals surface area contributed by atoms with E-state index in [1.807, 2.05) is 30.3 Å². The van der Waals surface area contributed by atoms with E-state index in [-0.39, 0.29) is 23.9 Å². The predicted molar refractivity (Wildman–Crippen MR) is 146 cm³/mol. The van der Waals surface area contributed by atoms with Crippen LogP contribution in [0.4, 0.5) is 0 Å². The second-order valence-corrected chi connectivity index (χ2v) is 11.1. The van der Waals surface area contributed by atoms with Crippen LogP contribution in [-0.2, 0) is 4.79 Å². The predicted octanol–water partition coefficient (Wildman–Crippen LogP) is 6.32. The molecule has 0 saturated carbocycles. The zero-order valence-corrected chi connectivity index (χ0v) is 22.4. The number of rotatable bonds is 8. The molecule has 2 fully saturated rings. The van der Waals surface area contributed by atoms with Gasteiger partial charge < -0.3 is 10.2 Å². The van der Waals surface area contributed by atoms with Gasteiger partial charge in [-0.2, -0.15) is 0 Å². The van der Waals surface area contributed by atoms with Gasteiger partial charge >= 0.3 is 0 Å². The van der Waals surface area contributed by atoms with Crippen LogP contribution >= 0.6 is 23.2 Å². The van der Waals surface area contributed by atoms with Crippen molar-refractivity contribution < 1.29 is 4.79 Å². The molecule has 0 bridgehead atoms. The highest BCUT2D eigenvalue weighted by atomic mass is 35.5. The fraction of sp³-hybridized carbons (Fsp3) is 0.483. The first-order valence-electron chi connectivity index (χ1n) is 12.7. The van der Waals surface area contributed by atoms with Crippen LogP contribution in [-0.4, -0.2) is 54.5 Å². The Balaban J connectivity index is 1.83. The van der Waals surface area contributed by atoms with E-state index in [0.717, 1.165) is 56.2 Å². The van der Waals surface area contributed by atoms with Crippen LogP contribution < -0.4 is 5.32 Å². The molecule has 6 heteroatoms. The van der Waals surface area contributed by atoms with Crippen LogP contribution in [0.15, 0.2) is 61.2 Å². The Morgan fingerprint density at radius 2 is 1.83 bits per heavy atom. The summed E-state index contributed by atoms with van der Waals surface area (Å²) in [5, 5.41) is 4.86. The van der Waals surface area contributed by atoms with E-state index in [1.54, 1.807) is 0 Å². The Morgan fingerprint density at radius 3 is 2.46 bits per heavy atom. The summed E-state index contributed by atoms with van der Waals surface area (Å²) >= 11 is 12.7. The van der Waals surface area contributed by atoms with Crippen LogP contribution in [0.3, 0.4) is 0 Å². The van der Waals surface area contributed by atoms with Crippen molar-refractivity contribution in [3.05, 3.63) is 82.4 Å². The Labute approximate surface area is 220 Å². The number of amides is 1. The maximum atomic E-state index is 14.4. The lowest BCUT2D eigenvalue weighted by atomic mass is 9.67. The number of carbonyl (C=O) groups excluding carboxylic acids is 1. The van der Waals surface area contributed by atoms with Crippen molar-refractivity contribution in [1.82, 2.24) is 15.1 Å². The summed E-state index contributed by atoms with van der Waals surface area (Å²) in [5.74, 6) is 0.326. The first-order valence-corrected chi connectivity index (χ1v) is 13.5. The number of piperidine rings is 1. The van der Waals surface area contributed by atoms with E-state index >= 15 is 0 Å². The summed E-state index contributed by atoms with van der Waals surface area (Å²) in [7, 11) is 0. The minimum Gasteiger partial charge on any atom is -0.330 e. The van der Waals surface area contributed by atoms with Gasteiger partial charge in [-0.1, -0.05) is 67.4 Å². The summed E-state index contributed by atoms with van der Waals surface area (Å²) in [6.07, 6.45) is 4.18. The molecule has 4 nitrogen and oxygen atoms in total. The van der Waals surface area contributed by atoms with Crippen molar-refractivity contribution in [3.63, 3.8) is 0 Å². The SMILES string of the molecule is C=CC[C@@]1(C)CC(c2cccc(Cl)c2)[C@@H](c2ccc(Cl)cc2)N(C(CC)CN2CCNCC2)C1=O. The van der Waals surface area contributed by atoms with Gasteiger partial charge in [-0.15, -0.1) is 6.58 Å². The summed E-state index contributed by atoms with van der Waals surface area (Å²) < 4.78 is 0. The minimum absolute atomic E-state index is 0.0935. The summed E-state index contributed by atoms with van der Waals surface area (Å²) in [6, 6.07) is 16.2. The van der Waals surface area contributed by atoms with Crippen molar-refractivity contribution in [1.29, 1.82) is 0 Å². The average Bonchev–Trinajstić information content (AvgIpc) is 2.86. The molecule has 2 aromatic rings. The third kappa shape index (κ3) is 5.77. The van der Waals surface area contributed by atoms with E-state index < -0.39 is 5.41 Å². The third-order valence-electron chi connectivity index (χ3n) is 7.73. The highest BCUT2D eigenvalue weighted by Crippen LogP contribution is 2.52. The molecular formula is C29H37Cl2N3O. The largest absolute Gasteiger partial charge is 0.330 e. The third-order valence-corrected chi connectivity index (χ3v) is 8.22. The van der Waals surface area contributed by atoms with Crippen molar-refractivity contribution in [2.75, 3.05) is 32.7 Å². The number of piperazine rings is 1. The lowest BCUT2D eigenvalue weighted by Crippen LogP contribution is -2.58. The lowest BCUT2D eigenvalue weighted by Gasteiger charge is -2.52. The summed E-state index contributed by atoms with van der Waals surface area (Å²) in [6.45, 7) is 13.2. The molecule has 2 aliphatic heterocycles. The normalized spacial score (nSPS) is 26.5. The monoisotopic (exact) mass is 513 g/mol. The highest BCUT2D eigenvalue weighted by Gasteiger charge is 2.51. The molecule has 188 valence electrons. The van der Waals surface area contributed by atoms with Gasteiger partial charge in [0.2, 0.25) is 5.91 Å². The molecule has 4 rings (SSSR count). The fourth-order valence-corrected chi connectivity index (χ4v) is 6.22. The molecular weight excluding hydrogens is 477 g/mol. The number of carbonyl (C=O) groups is 1. The Hall–Kier alpha value is -1.85. The van der Waals surface area contributed by atoms with Crippen molar-refractivity contribution in [2.24, 2.45) is 5.41 Å². The molecule has 35 heavy (non-hydrogen) atoms. The molecule has 2 aromatic carbocycles. The Bertz CT molecular complexity index is 1020. The van der Waals surface area contributed by atoms with Crippen LogP contribution in [0.25, 0.3) is 0 Å². The topological polar surface area (TPSA) is 35.6 Å². The average molecular weight is 515 g/mol.